The van der Waals surface area contributed by atoms with Gasteiger partial charge in [-0.1, -0.05) is 30.3 Å². The Morgan fingerprint density at radius 3 is 2.57 bits per heavy atom. The predicted octanol–water partition coefficient (Wildman–Crippen LogP) is 0.682. The monoisotopic (exact) mass is 292 g/mol. The molecule has 4 N–H and O–H groups in total. The molecule has 0 aliphatic rings. The Morgan fingerprint density at radius 2 is 1.95 bits per heavy atom. The number of benzene rings is 1. The second-order valence-corrected chi connectivity index (χ2v) is 5.03. The maximum Gasteiger partial charge on any atom is 0.317 e. The zero-order valence-electron chi connectivity index (χ0n) is 12.6. The van der Waals surface area contributed by atoms with Crippen LogP contribution >= 0.6 is 0 Å². The van der Waals surface area contributed by atoms with Crippen molar-refractivity contribution in [3.8, 4) is 0 Å². The molecule has 0 aliphatic carbocycles. The zero-order valence-corrected chi connectivity index (χ0v) is 12.6. The van der Waals surface area contributed by atoms with Crippen molar-refractivity contribution >= 4 is 11.9 Å². The topological polar surface area (TPSA) is 87.5 Å². The lowest BCUT2D eigenvalue weighted by atomic mass is 10.2. The van der Waals surface area contributed by atoms with E-state index in [2.05, 4.69) is 10.6 Å². The molecular formula is C15H24N4O2. The Labute approximate surface area is 125 Å². The number of hydrogen-bond acceptors (Lipinski definition) is 3. The lowest BCUT2D eigenvalue weighted by molar-refractivity contribution is -0.121. The van der Waals surface area contributed by atoms with Gasteiger partial charge in [-0.2, -0.15) is 0 Å². The molecule has 116 valence electrons. The van der Waals surface area contributed by atoms with Crippen LogP contribution in [0.5, 0.6) is 0 Å². The van der Waals surface area contributed by atoms with Crippen LogP contribution in [0.2, 0.25) is 0 Å². The number of rotatable bonds is 7. The highest BCUT2D eigenvalue weighted by atomic mass is 16.2. The number of nitrogens with one attached hydrogen (secondary N) is 2. The highest BCUT2D eigenvalue weighted by molar-refractivity contribution is 5.78. The van der Waals surface area contributed by atoms with Crippen molar-refractivity contribution in [2.75, 3.05) is 20.1 Å². The van der Waals surface area contributed by atoms with Crippen molar-refractivity contribution in [1.82, 2.24) is 15.5 Å². The minimum atomic E-state index is -0.196. The molecule has 0 bridgehead atoms. The Hall–Kier alpha value is -2.08. The fourth-order valence-corrected chi connectivity index (χ4v) is 1.75. The van der Waals surface area contributed by atoms with E-state index >= 15 is 0 Å². The minimum absolute atomic E-state index is 0.0473. The average molecular weight is 292 g/mol. The summed E-state index contributed by atoms with van der Waals surface area (Å²) in [6.45, 7) is 3.08. The van der Waals surface area contributed by atoms with Crippen molar-refractivity contribution < 1.29 is 9.59 Å². The van der Waals surface area contributed by atoms with Crippen LogP contribution in [0.3, 0.4) is 0 Å². The molecule has 6 heteroatoms. The number of urea groups is 1. The Morgan fingerprint density at radius 1 is 1.29 bits per heavy atom. The van der Waals surface area contributed by atoms with Crippen molar-refractivity contribution in [3.05, 3.63) is 35.9 Å². The molecular weight excluding hydrogens is 268 g/mol. The molecule has 1 aromatic rings. The summed E-state index contributed by atoms with van der Waals surface area (Å²) in [4.78, 5) is 25.0. The number of carbonyl (C=O) groups excluding carboxylic acids is 2. The van der Waals surface area contributed by atoms with E-state index in [1.807, 2.05) is 37.3 Å². The molecule has 0 spiro atoms. The molecule has 0 saturated heterocycles. The largest absolute Gasteiger partial charge is 0.352 e. The van der Waals surface area contributed by atoms with Gasteiger partial charge in [0.2, 0.25) is 5.91 Å². The number of hydrogen-bond donors (Lipinski definition) is 3. The quantitative estimate of drug-likeness (QED) is 0.690. The lowest BCUT2D eigenvalue weighted by Gasteiger charge is -2.18. The number of amides is 3. The van der Waals surface area contributed by atoms with Crippen LogP contribution < -0.4 is 16.4 Å². The molecule has 3 amide bonds. The normalized spacial score (nSPS) is 11.6. The standard InChI is InChI=1S/C15H24N4O2/c1-12(10-16)18-14(20)8-9-17-15(21)19(2)11-13-6-4-3-5-7-13/h3-7,12H,8-11,16H2,1-2H3,(H,17,21)(H,18,20)/t12-/m0/s1. The zero-order chi connectivity index (χ0) is 15.7. The summed E-state index contributed by atoms with van der Waals surface area (Å²) in [5, 5.41) is 5.46. The first-order chi connectivity index (χ1) is 10.0. The fraction of sp³-hybridized carbons (Fsp3) is 0.467. The van der Waals surface area contributed by atoms with Crippen LogP contribution in [-0.4, -0.2) is 43.0 Å². The van der Waals surface area contributed by atoms with Crippen molar-refractivity contribution in [2.24, 2.45) is 5.73 Å². The minimum Gasteiger partial charge on any atom is -0.352 e. The number of carbonyl (C=O) groups is 2. The van der Waals surface area contributed by atoms with Gasteiger partial charge in [0, 0.05) is 39.1 Å². The summed E-state index contributed by atoms with van der Waals surface area (Å²) in [5.74, 6) is -0.112. The Bertz CT molecular complexity index is 450. The van der Waals surface area contributed by atoms with E-state index in [1.165, 1.54) is 0 Å². The fourth-order valence-electron chi connectivity index (χ4n) is 1.75. The molecule has 6 nitrogen and oxygen atoms in total. The molecule has 21 heavy (non-hydrogen) atoms. The molecule has 1 atom stereocenters. The maximum absolute atomic E-state index is 11.9. The highest BCUT2D eigenvalue weighted by Gasteiger charge is 2.10. The molecule has 1 aromatic carbocycles. The van der Waals surface area contributed by atoms with E-state index in [9.17, 15) is 9.59 Å². The van der Waals surface area contributed by atoms with Gasteiger partial charge >= 0.3 is 6.03 Å². The lowest BCUT2D eigenvalue weighted by Crippen LogP contribution is -2.41. The second-order valence-electron chi connectivity index (χ2n) is 5.03. The van der Waals surface area contributed by atoms with Crippen LogP contribution in [0.25, 0.3) is 0 Å². The SMILES string of the molecule is C[C@@H](CN)NC(=O)CCNC(=O)N(C)Cc1ccccc1. The summed E-state index contributed by atoms with van der Waals surface area (Å²) in [6.07, 6.45) is 0.245. The second kappa shape index (κ2) is 8.97. The molecule has 0 aromatic heterocycles. The molecule has 0 aliphatic heterocycles. The van der Waals surface area contributed by atoms with Crippen molar-refractivity contribution in [3.63, 3.8) is 0 Å². The van der Waals surface area contributed by atoms with Crippen molar-refractivity contribution in [1.29, 1.82) is 0 Å². The summed E-state index contributed by atoms with van der Waals surface area (Å²) >= 11 is 0. The summed E-state index contributed by atoms with van der Waals surface area (Å²) in [5.41, 5.74) is 6.48. The van der Waals surface area contributed by atoms with Crippen LogP contribution in [-0.2, 0) is 11.3 Å². The van der Waals surface area contributed by atoms with Gasteiger partial charge in [0.05, 0.1) is 0 Å². The molecule has 0 saturated carbocycles. The molecule has 0 fully saturated rings. The van der Waals surface area contributed by atoms with Gasteiger partial charge in [0.25, 0.3) is 0 Å². The van der Waals surface area contributed by atoms with Gasteiger partial charge in [-0.25, -0.2) is 4.79 Å². The predicted molar refractivity (Wildman–Crippen MR) is 82.6 cm³/mol. The highest BCUT2D eigenvalue weighted by Crippen LogP contribution is 2.02. The van der Waals surface area contributed by atoms with Gasteiger partial charge in [-0.05, 0) is 12.5 Å². The summed E-state index contributed by atoms with van der Waals surface area (Å²) in [6, 6.07) is 9.49. The van der Waals surface area contributed by atoms with Gasteiger partial charge in [0.15, 0.2) is 0 Å². The Balaban J connectivity index is 2.25. The van der Waals surface area contributed by atoms with Gasteiger partial charge in [-0.3, -0.25) is 4.79 Å². The average Bonchev–Trinajstić information content (AvgIpc) is 2.47. The van der Waals surface area contributed by atoms with Crippen LogP contribution in [0.1, 0.15) is 18.9 Å². The smallest absolute Gasteiger partial charge is 0.317 e. The van der Waals surface area contributed by atoms with E-state index < -0.39 is 0 Å². The maximum atomic E-state index is 11.9. The van der Waals surface area contributed by atoms with Crippen LogP contribution in [0.4, 0.5) is 4.79 Å². The number of nitrogens with zero attached hydrogens (tertiary/aromatic N) is 1. The van der Waals surface area contributed by atoms with E-state index in [0.717, 1.165) is 5.56 Å². The molecule has 1 rings (SSSR count). The van der Waals surface area contributed by atoms with Gasteiger partial charge < -0.3 is 21.3 Å². The molecule has 0 unspecified atom stereocenters. The first kappa shape index (κ1) is 17.0. The van der Waals surface area contributed by atoms with Crippen molar-refractivity contribution in [2.45, 2.75) is 25.9 Å². The van der Waals surface area contributed by atoms with Gasteiger partial charge in [-0.15, -0.1) is 0 Å². The first-order valence-electron chi connectivity index (χ1n) is 7.05. The van der Waals surface area contributed by atoms with E-state index in [1.54, 1.807) is 11.9 Å². The molecule has 0 heterocycles. The molecule has 0 radical (unpaired) electrons. The third-order valence-electron chi connectivity index (χ3n) is 3.00. The third kappa shape index (κ3) is 6.76. The Kier molecular flexibility index (Phi) is 7.25. The summed E-state index contributed by atoms with van der Waals surface area (Å²) in [7, 11) is 1.72. The number of nitrogens with two attached hydrogens (primary N) is 1. The van der Waals surface area contributed by atoms with Gasteiger partial charge in [0.1, 0.15) is 0 Å². The van der Waals surface area contributed by atoms with E-state index in [0.29, 0.717) is 19.6 Å². The van der Waals surface area contributed by atoms with Crippen LogP contribution in [0, 0.1) is 0 Å². The summed E-state index contributed by atoms with van der Waals surface area (Å²) < 4.78 is 0. The third-order valence-corrected chi connectivity index (χ3v) is 3.00. The van der Waals surface area contributed by atoms with E-state index in [4.69, 9.17) is 5.73 Å². The first-order valence-corrected chi connectivity index (χ1v) is 7.05. The van der Waals surface area contributed by atoms with Crippen LogP contribution in [0.15, 0.2) is 30.3 Å². The van der Waals surface area contributed by atoms with E-state index in [-0.39, 0.29) is 24.4 Å².